The van der Waals surface area contributed by atoms with Gasteiger partial charge in [0.1, 0.15) is 0 Å². The van der Waals surface area contributed by atoms with Crippen molar-refractivity contribution in [2.45, 2.75) is 13.0 Å². The average Bonchev–Trinajstić information content (AvgIpc) is 2.61. The molecule has 25 heavy (non-hydrogen) atoms. The molecule has 1 amide bonds. The maximum Gasteiger partial charge on any atom is 0.239 e. The van der Waals surface area contributed by atoms with Gasteiger partial charge in [0.2, 0.25) is 5.91 Å². The molecule has 0 saturated heterocycles. The molecule has 0 spiro atoms. The molecule has 0 bridgehead atoms. The molecule has 5 heteroatoms. The maximum absolute atomic E-state index is 12.4. The Morgan fingerprint density at radius 3 is 2.32 bits per heavy atom. The Kier molecular flexibility index (Phi) is 7.29. The molecule has 0 radical (unpaired) electrons. The highest BCUT2D eigenvalue weighted by molar-refractivity contribution is 6.31. The summed E-state index contributed by atoms with van der Waals surface area (Å²) < 4.78 is 0. The van der Waals surface area contributed by atoms with Crippen LogP contribution in [0.15, 0.2) is 54.6 Å². The predicted molar refractivity (Wildman–Crippen MR) is 105 cm³/mol. The van der Waals surface area contributed by atoms with Crippen LogP contribution in [0.4, 0.5) is 5.69 Å². The van der Waals surface area contributed by atoms with Crippen molar-refractivity contribution >= 4 is 23.2 Å². The number of hydrogen-bond acceptors (Lipinski definition) is 3. The number of benzene rings is 2. The second kappa shape index (κ2) is 9.44. The zero-order chi connectivity index (χ0) is 18.2. The number of anilines is 1. The lowest BCUT2D eigenvalue weighted by molar-refractivity contribution is -0.120. The summed E-state index contributed by atoms with van der Waals surface area (Å²) in [4.78, 5) is 16.5. The number of carbonyl (C=O) groups excluding carboxylic acids is 1. The molecule has 0 aromatic heterocycles. The number of rotatable bonds is 8. The fourth-order valence-electron chi connectivity index (χ4n) is 2.78. The first-order valence-corrected chi connectivity index (χ1v) is 8.88. The third-order valence-electron chi connectivity index (χ3n) is 4.22. The average molecular weight is 360 g/mol. The molecule has 0 fully saturated rings. The lowest BCUT2D eigenvalue weighted by Crippen LogP contribution is -2.41. The number of nitrogens with zero attached hydrogens (tertiary/aromatic N) is 2. The molecule has 0 aliphatic carbocycles. The third kappa shape index (κ3) is 5.48. The van der Waals surface area contributed by atoms with Crippen molar-refractivity contribution in [3.8, 4) is 0 Å². The molecule has 1 atom stereocenters. The van der Waals surface area contributed by atoms with Gasteiger partial charge in [-0.15, -0.1) is 0 Å². The van der Waals surface area contributed by atoms with Crippen LogP contribution in [0.2, 0.25) is 5.02 Å². The molecular weight excluding hydrogens is 334 g/mol. The summed E-state index contributed by atoms with van der Waals surface area (Å²) in [5.41, 5.74) is 2.07. The van der Waals surface area contributed by atoms with Gasteiger partial charge >= 0.3 is 0 Å². The zero-order valence-corrected chi connectivity index (χ0v) is 15.8. The Labute approximate surface area is 155 Å². The molecule has 1 N–H and O–H groups in total. The van der Waals surface area contributed by atoms with E-state index in [1.807, 2.05) is 75.6 Å². The molecule has 134 valence electrons. The van der Waals surface area contributed by atoms with Crippen LogP contribution in [0.1, 0.15) is 18.5 Å². The van der Waals surface area contributed by atoms with Gasteiger partial charge in [-0.2, -0.15) is 0 Å². The second-order valence-electron chi connectivity index (χ2n) is 6.15. The number of likely N-dealkylation sites (N-methyl/N-ethyl adjacent to an activating group) is 2. The van der Waals surface area contributed by atoms with Crippen LogP contribution >= 0.6 is 11.6 Å². The molecule has 0 unspecified atom stereocenters. The van der Waals surface area contributed by atoms with Crippen molar-refractivity contribution in [2.75, 3.05) is 38.6 Å². The van der Waals surface area contributed by atoms with Crippen LogP contribution < -0.4 is 10.2 Å². The largest absolute Gasteiger partial charge is 0.363 e. The number of carbonyl (C=O) groups is 1. The fraction of sp³-hybridized carbons (Fsp3) is 0.350. The molecule has 0 saturated carbocycles. The van der Waals surface area contributed by atoms with E-state index < -0.39 is 0 Å². The Balaban J connectivity index is 1.98. The summed E-state index contributed by atoms with van der Waals surface area (Å²) in [6, 6.07) is 17.8. The molecule has 2 aromatic rings. The molecular formula is C20H26ClN3O. The second-order valence-corrected chi connectivity index (χ2v) is 6.56. The zero-order valence-electron chi connectivity index (χ0n) is 15.1. The SMILES string of the molecule is CCN(CC(=O)NC[C@@H](c1ccccc1Cl)N(C)C)c1ccccc1. The number of hydrogen-bond donors (Lipinski definition) is 1. The highest BCUT2D eigenvalue weighted by Gasteiger charge is 2.18. The summed E-state index contributed by atoms with van der Waals surface area (Å²) in [5, 5.41) is 3.76. The van der Waals surface area contributed by atoms with E-state index in [0.29, 0.717) is 13.1 Å². The lowest BCUT2D eigenvalue weighted by Gasteiger charge is -2.27. The summed E-state index contributed by atoms with van der Waals surface area (Å²) in [7, 11) is 3.98. The van der Waals surface area contributed by atoms with Gasteiger partial charge in [-0.1, -0.05) is 48.0 Å². The molecule has 2 rings (SSSR count). The van der Waals surface area contributed by atoms with Gasteiger partial charge in [0, 0.05) is 23.8 Å². The molecule has 2 aromatic carbocycles. The first-order chi connectivity index (χ1) is 12.0. The molecule has 4 nitrogen and oxygen atoms in total. The van der Waals surface area contributed by atoms with Crippen molar-refractivity contribution in [2.24, 2.45) is 0 Å². The van der Waals surface area contributed by atoms with Crippen LogP contribution in [-0.2, 0) is 4.79 Å². The molecule has 0 aliphatic heterocycles. The summed E-state index contributed by atoms with van der Waals surface area (Å²) in [5.74, 6) is 0.00427. The van der Waals surface area contributed by atoms with Gasteiger partial charge < -0.3 is 15.1 Å². The minimum Gasteiger partial charge on any atom is -0.363 e. The Morgan fingerprint density at radius 2 is 1.72 bits per heavy atom. The van der Waals surface area contributed by atoms with E-state index in [0.717, 1.165) is 22.8 Å². The van der Waals surface area contributed by atoms with Crippen LogP contribution in [0, 0.1) is 0 Å². The Hall–Kier alpha value is -2.04. The van der Waals surface area contributed by atoms with Crippen molar-refractivity contribution in [3.05, 3.63) is 65.2 Å². The quantitative estimate of drug-likeness (QED) is 0.782. The summed E-state index contributed by atoms with van der Waals surface area (Å²) in [6.07, 6.45) is 0. The number of para-hydroxylation sites is 1. The van der Waals surface area contributed by atoms with E-state index in [9.17, 15) is 4.79 Å². The topological polar surface area (TPSA) is 35.6 Å². The first-order valence-electron chi connectivity index (χ1n) is 8.50. The molecule has 0 aliphatic rings. The van der Waals surface area contributed by atoms with Gasteiger partial charge in [-0.05, 0) is 44.8 Å². The van der Waals surface area contributed by atoms with E-state index in [2.05, 4.69) is 15.1 Å². The number of halogens is 1. The van der Waals surface area contributed by atoms with Crippen LogP contribution in [0.5, 0.6) is 0 Å². The van der Waals surface area contributed by atoms with E-state index in [4.69, 9.17) is 11.6 Å². The summed E-state index contributed by atoms with van der Waals surface area (Å²) in [6.45, 7) is 3.68. The van der Waals surface area contributed by atoms with E-state index >= 15 is 0 Å². The predicted octanol–water partition coefficient (Wildman–Crippen LogP) is 3.59. The first kappa shape index (κ1) is 19.3. The van der Waals surface area contributed by atoms with Crippen molar-refractivity contribution in [3.63, 3.8) is 0 Å². The Morgan fingerprint density at radius 1 is 1.08 bits per heavy atom. The fourth-order valence-corrected chi connectivity index (χ4v) is 3.04. The van der Waals surface area contributed by atoms with E-state index in [-0.39, 0.29) is 11.9 Å². The Bertz CT molecular complexity index is 676. The summed E-state index contributed by atoms with van der Waals surface area (Å²) >= 11 is 6.32. The van der Waals surface area contributed by atoms with Gasteiger partial charge in [-0.25, -0.2) is 0 Å². The van der Waals surface area contributed by atoms with Crippen molar-refractivity contribution in [1.29, 1.82) is 0 Å². The monoisotopic (exact) mass is 359 g/mol. The van der Waals surface area contributed by atoms with Crippen molar-refractivity contribution in [1.82, 2.24) is 10.2 Å². The van der Waals surface area contributed by atoms with Crippen molar-refractivity contribution < 1.29 is 4.79 Å². The van der Waals surface area contributed by atoms with E-state index in [1.165, 1.54) is 0 Å². The molecule has 0 heterocycles. The highest BCUT2D eigenvalue weighted by Crippen LogP contribution is 2.25. The van der Waals surface area contributed by atoms with Gasteiger partial charge in [0.25, 0.3) is 0 Å². The minimum absolute atomic E-state index is 0.00427. The lowest BCUT2D eigenvalue weighted by atomic mass is 10.1. The van der Waals surface area contributed by atoms with Gasteiger partial charge in [0.15, 0.2) is 0 Å². The van der Waals surface area contributed by atoms with Crippen LogP contribution in [0.25, 0.3) is 0 Å². The number of nitrogens with one attached hydrogen (secondary N) is 1. The standard InChI is InChI=1S/C20H26ClN3O/c1-4-24(16-10-6-5-7-11-16)15-20(25)22-14-19(23(2)3)17-12-8-9-13-18(17)21/h5-13,19H,4,14-15H2,1-3H3,(H,22,25)/t19-/m0/s1. The maximum atomic E-state index is 12.4. The van der Waals surface area contributed by atoms with Gasteiger partial charge in [0.05, 0.1) is 12.6 Å². The normalized spacial score (nSPS) is 12.0. The van der Waals surface area contributed by atoms with E-state index in [1.54, 1.807) is 0 Å². The third-order valence-corrected chi connectivity index (χ3v) is 4.56. The number of amides is 1. The van der Waals surface area contributed by atoms with Crippen LogP contribution in [0.3, 0.4) is 0 Å². The van der Waals surface area contributed by atoms with Crippen LogP contribution in [-0.4, -0.2) is 44.5 Å². The highest BCUT2D eigenvalue weighted by atomic mass is 35.5. The minimum atomic E-state index is 0.00427. The smallest absolute Gasteiger partial charge is 0.239 e. The van der Waals surface area contributed by atoms with Gasteiger partial charge in [-0.3, -0.25) is 4.79 Å².